The van der Waals surface area contributed by atoms with Crippen molar-refractivity contribution in [1.29, 1.82) is 0 Å². The van der Waals surface area contributed by atoms with Crippen molar-refractivity contribution in [3.8, 4) is 5.75 Å². The number of benzene rings is 2. The van der Waals surface area contributed by atoms with E-state index in [9.17, 15) is 18.0 Å². The summed E-state index contributed by atoms with van der Waals surface area (Å²) in [6.07, 6.45) is -0.574. The van der Waals surface area contributed by atoms with Crippen LogP contribution in [0.25, 0.3) is 0 Å². The van der Waals surface area contributed by atoms with Crippen molar-refractivity contribution in [2.45, 2.75) is 24.8 Å². The third-order valence-electron chi connectivity index (χ3n) is 3.93. The normalized spacial score (nSPS) is 16.1. The van der Waals surface area contributed by atoms with Gasteiger partial charge in [-0.2, -0.15) is 0 Å². The summed E-state index contributed by atoms with van der Waals surface area (Å²) in [4.78, 5) is 24.2. The largest absolute Gasteiger partial charge is 0.479 e. The van der Waals surface area contributed by atoms with Gasteiger partial charge in [0.25, 0.3) is 11.8 Å². The summed E-state index contributed by atoms with van der Waals surface area (Å²) in [6, 6.07) is 10.5. The standard InChI is InChI=1S/C18H19N3O5S/c1-3-19-27(24,25)14-7-4-12(5-8-14)18(23)20-13-6-9-16-15(10-13)21-17(22)11(2)26-16/h4-11,19H,3H2,1-2H3,(H,20,23)(H,21,22)/t11-/m1/s1. The molecule has 0 aromatic heterocycles. The minimum atomic E-state index is -3.57. The second-order valence-corrected chi connectivity index (χ2v) is 7.71. The topological polar surface area (TPSA) is 114 Å². The lowest BCUT2D eigenvalue weighted by Gasteiger charge is -2.23. The van der Waals surface area contributed by atoms with Crippen LogP contribution in [-0.4, -0.2) is 32.9 Å². The summed E-state index contributed by atoms with van der Waals surface area (Å²) in [5, 5.41) is 5.42. The Morgan fingerprint density at radius 1 is 1.19 bits per heavy atom. The van der Waals surface area contributed by atoms with Gasteiger partial charge in [-0.25, -0.2) is 13.1 Å². The molecule has 3 N–H and O–H groups in total. The van der Waals surface area contributed by atoms with E-state index in [4.69, 9.17) is 4.74 Å². The summed E-state index contributed by atoms with van der Waals surface area (Å²) < 4.78 is 31.7. The second-order valence-electron chi connectivity index (χ2n) is 5.94. The number of fused-ring (bicyclic) bond motifs is 1. The number of ether oxygens (including phenoxy) is 1. The zero-order chi connectivity index (χ0) is 19.6. The minimum Gasteiger partial charge on any atom is -0.479 e. The Kier molecular flexibility index (Phi) is 5.15. The van der Waals surface area contributed by atoms with E-state index in [1.165, 1.54) is 24.3 Å². The molecule has 2 aromatic carbocycles. The first-order valence-electron chi connectivity index (χ1n) is 8.33. The summed E-state index contributed by atoms with van der Waals surface area (Å²) in [7, 11) is -3.57. The van der Waals surface area contributed by atoms with Gasteiger partial charge < -0.3 is 15.4 Å². The highest BCUT2D eigenvalue weighted by Gasteiger charge is 2.23. The molecule has 0 fully saturated rings. The van der Waals surface area contributed by atoms with E-state index in [2.05, 4.69) is 15.4 Å². The molecule has 2 amide bonds. The third-order valence-corrected chi connectivity index (χ3v) is 5.49. The van der Waals surface area contributed by atoms with Gasteiger partial charge in [-0.15, -0.1) is 0 Å². The first-order valence-corrected chi connectivity index (χ1v) is 9.81. The van der Waals surface area contributed by atoms with E-state index in [0.717, 1.165) is 0 Å². The summed E-state index contributed by atoms with van der Waals surface area (Å²) in [5.41, 5.74) is 1.25. The molecular formula is C18H19N3O5S. The molecule has 2 aromatic rings. The Bertz CT molecular complexity index is 987. The third kappa shape index (κ3) is 4.09. The van der Waals surface area contributed by atoms with Crippen molar-refractivity contribution in [3.63, 3.8) is 0 Å². The number of rotatable bonds is 5. The number of carbonyl (C=O) groups is 2. The first kappa shape index (κ1) is 18.9. The van der Waals surface area contributed by atoms with E-state index in [1.54, 1.807) is 32.0 Å². The summed E-state index contributed by atoms with van der Waals surface area (Å²) in [6.45, 7) is 3.61. The molecule has 1 aliphatic heterocycles. The van der Waals surface area contributed by atoms with Gasteiger partial charge in [0.2, 0.25) is 10.0 Å². The Morgan fingerprint density at radius 3 is 2.56 bits per heavy atom. The van der Waals surface area contributed by atoms with Crippen LogP contribution in [0.4, 0.5) is 11.4 Å². The van der Waals surface area contributed by atoms with Gasteiger partial charge in [0.15, 0.2) is 6.10 Å². The highest BCUT2D eigenvalue weighted by Crippen LogP contribution is 2.32. The minimum absolute atomic E-state index is 0.0867. The Balaban J connectivity index is 1.74. The fraction of sp³-hybridized carbons (Fsp3) is 0.222. The second kappa shape index (κ2) is 7.37. The molecule has 0 radical (unpaired) electrons. The van der Waals surface area contributed by atoms with Gasteiger partial charge in [0, 0.05) is 17.8 Å². The average molecular weight is 389 g/mol. The monoisotopic (exact) mass is 389 g/mol. The Morgan fingerprint density at radius 2 is 1.89 bits per heavy atom. The van der Waals surface area contributed by atoms with Gasteiger partial charge in [-0.3, -0.25) is 9.59 Å². The van der Waals surface area contributed by atoms with E-state index in [0.29, 0.717) is 22.7 Å². The molecule has 0 unspecified atom stereocenters. The van der Waals surface area contributed by atoms with Gasteiger partial charge in [0.1, 0.15) is 5.75 Å². The molecule has 9 heteroatoms. The molecule has 8 nitrogen and oxygen atoms in total. The number of amides is 2. The summed E-state index contributed by atoms with van der Waals surface area (Å²) in [5.74, 6) is -0.139. The maximum Gasteiger partial charge on any atom is 0.265 e. The Hall–Kier alpha value is -2.91. The number of nitrogens with one attached hydrogen (secondary N) is 3. The predicted octanol–water partition coefficient (Wildman–Crippen LogP) is 1.96. The number of hydrogen-bond donors (Lipinski definition) is 3. The maximum absolute atomic E-state index is 12.4. The van der Waals surface area contributed by atoms with E-state index < -0.39 is 22.0 Å². The van der Waals surface area contributed by atoms with Crippen LogP contribution < -0.4 is 20.1 Å². The number of anilines is 2. The number of sulfonamides is 1. The molecule has 142 valence electrons. The van der Waals surface area contributed by atoms with E-state index in [-0.39, 0.29) is 17.3 Å². The number of carbonyl (C=O) groups excluding carboxylic acids is 2. The molecule has 0 saturated carbocycles. The van der Waals surface area contributed by atoms with Crippen molar-refractivity contribution in [1.82, 2.24) is 4.72 Å². The smallest absolute Gasteiger partial charge is 0.265 e. The van der Waals surface area contributed by atoms with Crippen LogP contribution in [0.2, 0.25) is 0 Å². The molecule has 3 rings (SSSR count). The lowest BCUT2D eigenvalue weighted by atomic mass is 10.2. The van der Waals surface area contributed by atoms with Gasteiger partial charge in [-0.05, 0) is 49.4 Å². The molecule has 1 heterocycles. The van der Waals surface area contributed by atoms with Gasteiger partial charge >= 0.3 is 0 Å². The quantitative estimate of drug-likeness (QED) is 0.723. The first-order chi connectivity index (χ1) is 12.8. The lowest BCUT2D eigenvalue weighted by molar-refractivity contribution is -0.122. The maximum atomic E-state index is 12.4. The molecule has 1 atom stereocenters. The van der Waals surface area contributed by atoms with Crippen molar-refractivity contribution < 1.29 is 22.7 Å². The van der Waals surface area contributed by atoms with Gasteiger partial charge in [0.05, 0.1) is 10.6 Å². The zero-order valence-corrected chi connectivity index (χ0v) is 15.6. The summed E-state index contributed by atoms with van der Waals surface area (Å²) >= 11 is 0. The molecule has 0 bridgehead atoms. The van der Waals surface area contributed by atoms with Gasteiger partial charge in [-0.1, -0.05) is 6.92 Å². The van der Waals surface area contributed by atoms with Crippen molar-refractivity contribution in [2.24, 2.45) is 0 Å². The van der Waals surface area contributed by atoms with Crippen LogP contribution in [0, 0.1) is 0 Å². The SMILES string of the molecule is CCNS(=O)(=O)c1ccc(C(=O)Nc2ccc3c(c2)NC(=O)[C@@H](C)O3)cc1. The highest BCUT2D eigenvalue weighted by atomic mass is 32.2. The Labute approximate surface area is 157 Å². The molecule has 0 spiro atoms. The average Bonchev–Trinajstić information content (AvgIpc) is 2.63. The predicted molar refractivity (Wildman–Crippen MR) is 100 cm³/mol. The van der Waals surface area contributed by atoms with Crippen LogP contribution in [-0.2, 0) is 14.8 Å². The van der Waals surface area contributed by atoms with Crippen molar-refractivity contribution in [3.05, 3.63) is 48.0 Å². The highest BCUT2D eigenvalue weighted by molar-refractivity contribution is 7.89. The van der Waals surface area contributed by atoms with Crippen LogP contribution in [0.5, 0.6) is 5.75 Å². The molecule has 1 aliphatic rings. The van der Waals surface area contributed by atoms with Crippen LogP contribution in [0.1, 0.15) is 24.2 Å². The van der Waals surface area contributed by atoms with E-state index >= 15 is 0 Å². The fourth-order valence-electron chi connectivity index (χ4n) is 2.55. The van der Waals surface area contributed by atoms with Crippen molar-refractivity contribution >= 4 is 33.2 Å². The van der Waals surface area contributed by atoms with Crippen LogP contribution in [0.3, 0.4) is 0 Å². The van der Waals surface area contributed by atoms with Crippen molar-refractivity contribution in [2.75, 3.05) is 17.2 Å². The molecule has 0 aliphatic carbocycles. The molecular weight excluding hydrogens is 370 g/mol. The number of hydrogen-bond acceptors (Lipinski definition) is 5. The van der Waals surface area contributed by atoms with E-state index in [1.807, 2.05) is 0 Å². The lowest BCUT2D eigenvalue weighted by Crippen LogP contribution is -2.34. The van der Waals surface area contributed by atoms with Crippen LogP contribution in [0.15, 0.2) is 47.4 Å². The fourth-order valence-corrected chi connectivity index (χ4v) is 3.59. The zero-order valence-electron chi connectivity index (χ0n) is 14.8. The van der Waals surface area contributed by atoms with Crippen LogP contribution >= 0.6 is 0 Å². The molecule has 27 heavy (non-hydrogen) atoms. The molecule has 0 saturated heterocycles.